The zero-order valence-corrected chi connectivity index (χ0v) is 8.49. The summed E-state index contributed by atoms with van der Waals surface area (Å²) in [6, 6.07) is 0.0254. The standard InChI is InChI=1S/C9H14N4O2/c1-15-8-5-10-4-7(8)13-9(14)6-2-11-12-3-6/h2-3,7-8,10H,4-5H2,1H3,(H,11,12)(H,13,14). The van der Waals surface area contributed by atoms with Crippen LogP contribution in [0.5, 0.6) is 0 Å². The Bertz CT molecular complexity index is 325. The van der Waals surface area contributed by atoms with Gasteiger partial charge in [-0.2, -0.15) is 5.10 Å². The van der Waals surface area contributed by atoms with Gasteiger partial charge in [-0.15, -0.1) is 0 Å². The van der Waals surface area contributed by atoms with E-state index in [1.165, 1.54) is 6.20 Å². The molecule has 1 aromatic heterocycles. The second-order valence-electron chi connectivity index (χ2n) is 3.50. The number of aromatic amines is 1. The van der Waals surface area contributed by atoms with Gasteiger partial charge in [0.2, 0.25) is 0 Å². The minimum atomic E-state index is -0.125. The monoisotopic (exact) mass is 210 g/mol. The van der Waals surface area contributed by atoms with Crippen molar-refractivity contribution in [3.8, 4) is 0 Å². The van der Waals surface area contributed by atoms with Crippen LogP contribution in [0, 0.1) is 0 Å². The number of rotatable bonds is 3. The Morgan fingerprint density at radius 1 is 1.67 bits per heavy atom. The van der Waals surface area contributed by atoms with Crippen LogP contribution in [0.15, 0.2) is 12.4 Å². The van der Waals surface area contributed by atoms with Crippen molar-refractivity contribution in [3.05, 3.63) is 18.0 Å². The van der Waals surface area contributed by atoms with Crippen molar-refractivity contribution in [2.45, 2.75) is 12.1 Å². The van der Waals surface area contributed by atoms with Gasteiger partial charge < -0.3 is 15.4 Å². The van der Waals surface area contributed by atoms with Crippen LogP contribution in [0.1, 0.15) is 10.4 Å². The summed E-state index contributed by atoms with van der Waals surface area (Å²) in [6.07, 6.45) is 3.11. The van der Waals surface area contributed by atoms with Gasteiger partial charge in [-0.1, -0.05) is 0 Å². The number of hydrogen-bond donors (Lipinski definition) is 3. The van der Waals surface area contributed by atoms with E-state index >= 15 is 0 Å². The molecule has 1 aromatic rings. The molecule has 0 saturated carbocycles. The molecule has 15 heavy (non-hydrogen) atoms. The molecule has 2 rings (SSSR count). The maximum Gasteiger partial charge on any atom is 0.254 e. The molecule has 2 heterocycles. The Hall–Kier alpha value is -1.40. The maximum atomic E-state index is 11.7. The third-order valence-corrected chi connectivity index (χ3v) is 2.54. The number of aromatic nitrogens is 2. The van der Waals surface area contributed by atoms with Crippen LogP contribution >= 0.6 is 0 Å². The molecule has 1 saturated heterocycles. The van der Waals surface area contributed by atoms with Crippen LogP contribution in [0.4, 0.5) is 0 Å². The third kappa shape index (κ3) is 2.16. The summed E-state index contributed by atoms with van der Waals surface area (Å²) in [5, 5.41) is 12.4. The normalized spacial score (nSPS) is 25.4. The first-order chi connectivity index (χ1) is 7.31. The highest BCUT2D eigenvalue weighted by Gasteiger charge is 2.28. The van der Waals surface area contributed by atoms with E-state index in [-0.39, 0.29) is 18.1 Å². The van der Waals surface area contributed by atoms with Crippen molar-refractivity contribution in [3.63, 3.8) is 0 Å². The molecule has 3 N–H and O–H groups in total. The van der Waals surface area contributed by atoms with Crippen molar-refractivity contribution in [2.24, 2.45) is 0 Å². The summed E-state index contributed by atoms with van der Waals surface area (Å²) in [5.41, 5.74) is 0.539. The van der Waals surface area contributed by atoms with E-state index < -0.39 is 0 Å². The highest BCUT2D eigenvalue weighted by Crippen LogP contribution is 2.05. The smallest absolute Gasteiger partial charge is 0.254 e. The predicted molar refractivity (Wildman–Crippen MR) is 53.5 cm³/mol. The molecular formula is C9H14N4O2. The van der Waals surface area contributed by atoms with E-state index in [1.807, 2.05) is 0 Å². The Kier molecular flexibility index (Phi) is 2.98. The predicted octanol–water partition coefficient (Wildman–Crippen LogP) is -0.874. The molecule has 0 aliphatic carbocycles. The molecule has 0 spiro atoms. The number of nitrogens with one attached hydrogen (secondary N) is 3. The highest BCUT2D eigenvalue weighted by atomic mass is 16.5. The van der Waals surface area contributed by atoms with Crippen LogP contribution in [0.2, 0.25) is 0 Å². The van der Waals surface area contributed by atoms with Crippen LogP contribution < -0.4 is 10.6 Å². The summed E-state index contributed by atoms with van der Waals surface area (Å²) in [5.74, 6) is -0.125. The van der Waals surface area contributed by atoms with Gasteiger partial charge in [0.1, 0.15) is 0 Å². The summed E-state index contributed by atoms with van der Waals surface area (Å²) < 4.78 is 5.24. The quantitative estimate of drug-likeness (QED) is 0.605. The number of nitrogens with zero attached hydrogens (tertiary/aromatic N) is 1. The fourth-order valence-corrected chi connectivity index (χ4v) is 1.67. The Balaban J connectivity index is 1.94. The van der Waals surface area contributed by atoms with E-state index in [1.54, 1.807) is 13.3 Å². The molecular weight excluding hydrogens is 196 g/mol. The second kappa shape index (κ2) is 4.41. The minimum Gasteiger partial charge on any atom is -0.378 e. The van der Waals surface area contributed by atoms with Crippen LogP contribution in [0.3, 0.4) is 0 Å². The number of ether oxygens (including phenoxy) is 1. The van der Waals surface area contributed by atoms with Crippen molar-refractivity contribution in [2.75, 3.05) is 20.2 Å². The Morgan fingerprint density at radius 2 is 2.53 bits per heavy atom. The van der Waals surface area contributed by atoms with Crippen molar-refractivity contribution < 1.29 is 9.53 Å². The van der Waals surface area contributed by atoms with Crippen LogP contribution in [-0.2, 0) is 4.74 Å². The number of amides is 1. The van der Waals surface area contributed by atoms with Crippen molar-refractivity contribution >= 4 is 5.91 Å². The third-order valence-electron chi connectivity index (χ3n) is 2.54. The Morgan fingerprint density at radius 3 is 3.20 bits per heavy atom. The van der Waals surface area contributed by atoms with Gasteiger partial charge in [0, 0.05) is 26.4 Å². The average Bonchev–Trinajstić information content (AvgIpc) is 2.87. The Labute approximate surface area is 87.4 Å². The lowest BCUT2D eigenvalue weighted by Crippen LogP contribution is -2.43. The molecule has 0 aromatic carbocycles. The fraction of sp³-hybridized carbons (Fsp3) is 0.556. The van der Waals surface area contributed by atoms with Gasteiger partial charge in [0.15, 0.2) is 0 Å². The number of carbonyl (C=O) groups excluding carboxylic acids is 1. The molecule has 1 aliphatic heterocycles. The van der Waals surface area contributed by atoms with Gasteiger partial charge in [0.25, 0.3) is 5.91 Å². The van der Waals surface area contributed by atoms with E-state index in [0.717, 1.165) is 13.1 Å². The zero-order chi connectivity index (χ0) is 10.7. The molecule has 0 radical (unpaired) electrons. The SMILES string of the molecule is COC1CNCC1NC(=O)c1cn[nH]c1. The lowest BCUT2D eigenvalue weighted by atomic mass is 10.2. The number of methoxy groups -OCH3 is 1. The minimum absolute atomic E-state index is 0.0254. The molecule has 6 nitrogen and oxygen atoms in total. The number of carbonyl (C=O) groups is 1. The second-order valence-corrected chi connectivity index (χ2v) is 3.50. The van der Waals surface area contributed by atoms with E-state index in [2.05, 4.69) is 20.8 Å². The van der Waals surface area contributed by atoms with E-state index in [4.69, 9.17) is 4.74 Å². The first kappa shape index (κ1) is 10.1. The molecule has 1 aliphatic rings. The number of hydrogen-bond acceptors (Lipinski definition) is 4. The number of H-pyrrole nitrogens is 1. The van der Waals surface area contributed by atoms with Gasteiger partial charge >= 0.3 is 0 Å². The van der Waals surface area contributed by atoms with Crippen LogP contribution in [0.25, 0.3) is 0 Å². The largest absolute Gasteiger partial charge is 0.378 e. The van der Waals surface area contributed by atoms with Gasteiger partial charge in [-0.05, 0) is 0 Å². The summed E-state index contributed by atoms with van der Waals surface area (Å²) in [4.78, 5) is 11.7. The summed E-state index contributed by atoms with van der Waals surface area (Å²) in [6.45, 7) is 1.51. The molecule has 2 unspecified atom stereocenters. The molecule has 1 fully saturated rings. The first-order valence-electron chi connectivity index (χ1n) is 4.84. The molecule has 0 bridgehead atoms. The zero-order valence-electron chi connectivity index (χ0n) is 8.49. The molecule has 6 heteroatoms. The lowest BCUT2D eigenvalue weighted by Gasteiger charge is -2.17. The lowest BCUT2D eigenvalue weighted by molar-refractivity contribution is 0.0780. The van der Waals surface area contributed by atoms with E-state index in [9.17, 15) is 4.79 Å². The summed E-state index contributed by atoms with van der Waals surface area (Å²) >= 11 is 0. The molecule has 2 atom stereocenters. The average molecular weight is 210 g/mol. The van der Waals surface area contributed by atoms with Gasteiger partial charge in [-0.25, -0.2) is 0 Å². The van der Waals surface area contributed by atoms with E-state index in [0.29, 0.717) is 5.56 Å². The molecule has 82 valence electrons. The van der Waals surface area contributed by atoms with Gasteiger partial charge in [0.05, 0.1) is 23.9 Å². The van der Waals surface area contributed by atoms with Crippen molar-refractivity contribution in [1.29, 1.82) is 0 Å². The highest BCUT2D eigenvalue weighted by molar-refractivity contribution is 5.93. The van der Waals surface area contributed by atoms with Crippen molar-refractivity contribution in [1.82, 2.24) is 20.8 Å². The summed E-state index contributed by atoms with van der Waals surface area (Å²) in [7, 11) is 1.65. The maximum absolute atomic E-state index is 11.7. The first-order valence-corrected chi connectivity index (χ1v) is 4.84. The van der Waals surface area contributed by atoms with Gasteiger partial charge in [-0.3, -0.25) is 9.89 Å². The van der Waals surface area contributed by atoms with Crippen LogP contribution in [-0.4, -0.2) is 48.4 Å². The topological polar surface area (TPSA) is 79.0 Å². The fourth-order valence-electron chi connectivity index (χ4n) is 1.67. The molecule has 1 amide bonds.